The molecule has 0 aliphatic carbocycles. The molecule has 0 spiro atoms. The van der Waals surface area contributed by atoms with Crippen LogP contribution in [0.15, 0.2) is 12.3 Å². The molecule has 0 aromatic carbocycles. The number of hydrogen-bond donors (Lipinski definition) is 0. The molecule has 0 saturated carbocycles. The fourth-order valence-corrected chi connectivity index (χ4v) is 3.22. The van der Waals surface area contributed by atoms with Crippen molar-refractivity contribution in [3.63, 3.8) is 0 Å². The molecule has 2 aliphatic heterocycles. The minimum atomic E-state index is 0.331. The van der Waals surface area contributed by atoms with Gasteiger partial charge in [-0.05, 0) is 25.3 Å². The van der Waals surface area contributed by atoms with Crippen LogP contribution in [0.2, 0.25) is 0 Å². The topological polar surface area (TPSA) is 58.6 Å². The van der Waals surface area contributed by atoms with Crippen molar-refractivity contribution in [2.75, 3.05) is 31.6 Å². The molecule has 2 fully saturated rings. The second-order valence-electron chi connectivity index (χ2n) is 5.67. The van der Waals surface area contributed by atoms with Crippen molar-refractivity contribution in [1.29, 1.82) is 0 Å². The lowest BCUT2D eigenvalue weighted by atomic mass is 10.0. The number of methoxy groups -OCH3 is 1. The number of piperidine rings is 1. The van der Waals surface area contributed by atoms with Crippen LogP contribution in [0.1, 0.15) is 31.5 Å². The summed E-state index contributed by atoms with van der Waals surface area (Å²) in [5.41, 5.74) is 0. The summed E-state index contributed by atoms with van der Waals surface area (Å²) in [6.07, 6.45) is 5.58. The van der Waals surface area contributed by atoms with Gasteiger partial charge in [-0.1, -0.05) is 0 Å². The van der Waals surface area contributed by atoms with E-state index in [2.05, 4.69) is 19.8 Å². The Morgan fingerprint density at radius 3 is 2.81 bits per heavy atom. The lowest BCUT2D eigenvalue weighted by Gasteiger charge is -2.37. The molecule has 114 valence electrons. The van der Waals surface area contributed by atoms with Crippen LogP contribution >= 0.6 is 0 Å². The highest BCUT2D eigenvalue weighted by atomic mass is 16.5. The van der Waals surface area contributed by atoms with Crippen molar-refractivity contribution < 1.29 is 9.53 Å². The van der Waals surface area contributed by atoms with Crippen LogP contribution in [0.4, 0.5) is 5.82 Å². The molecule has 21 heavy (non-hydrogen) atoms. The van der Waals surface area contributed by atoms with Crippen LogP contribution in [0.5, 0.6) is 0 Å². The molecule has 2 aliphatic rings. The normalized spacial score (nSPS) is 20.3. The maximum Gasteiger partial charge on any atom is 0.222 e. The van der Waals surface area contributed by atoms with Gasteiger partial charge in [0.2, 0.25) is 5.91 Å². The molecular weight excluding hydrogens is 268 g/mol. The Kier molecular flexibility index (Phi) is 4.34. The smallest absolute Gasteiger partial charge is 0.222 e. The van der Waals surface area contributed by atoms with E-state index in [4.69, 9.17) is 4.74 Å². The van der Waals surface area contributed by atoms with Gasteiger partial charge in [0.1, 0.15) is 12.4 Å². The third-order valence-corrected chi connectivity index (χ3v) is 4.30. The number of amides is 1. The Morgan fingerprint density at radius 2 is 2.14 bits per heavy atom. The molecule has 6 nitrogen and oxygen atoms in total. The minimum absolute atomic E-state index is 0.331. The average Bonchev–Trinajstić information content (AvgIpc) is 2.94. The average molecular weight is 290 g/mol. The molecule has 0 atom stereocenters. The first-order valence-electron chi connectivity index (χ1n) is 7.63. The van der Waals surface area contributed by atoms with Gasteiger partial charge in [-0.15, -0.1) is 0 Å². The van der Waals surface area contributed by atoms with E-state index in [1.54, 1.807) is 13.3 Å². The molecule has 6 heteroatoms. The number of anilines is 1. The minimum Gasteiger partial charge on any atom is -0.377 e. The number of likely N-dealkylation sites (tertiary alicyclic amines) is 1. The summed E-state index contributed by atoms with van der Waals surface area (Å²) in [6.45, 7) is 3.26. The van der Waals surface area contributed by atoms with E-state index in [0.29, 0.717) is 24.4 Å². The van der Waals surface area contributed by atoms with Crippen molar-refractivity contribution in [1.82, 2.24) is 14.9 Å². The molecule has 0 N–H and O–H groups in total. The van der Waals surface area contributed by atoms with Crippen LogP contribution < -0.4 is 4.90 Å². The van der Waals surface area contributed by atoms with Gasteiger partial charge in [-0.2, -0.15) is 0 Å². The van der Waals surface area contributed by atoms with E-state index in [-0.39, 0.29) is 0 Å². The van der Waals surface area contributed by atoms with Crippen molar-refractivity contribution in [3.05, 3.63) is 18.1 Å². The molecule has 0 unspecified atom stereocenters. The van der Waals surface area contributed by atoms with Crippen LogP contribution in [0.3, 0.4) is 0 Å². The van der Waals surface area contributed by atoms with E-state index in [0.717, 1.165) is 51.1 Å². The monoisotopic (exact) mass is 290 g/mol. The summed E-state index contributed by atoms with van der Waals surface area (Å²) >= 11 is 0. The molecule has 1 aromatic heterocycles. The number of nitrogens with zero attached hydrogens (tertiary/aromatic N) is 4. The molecule has 1 aromatic rings. The lowest BCUT2D eigenvalue weighted by molar-refractivity contribution is -0.130. The first-order valence-corrected chi connectivity index (χ1v) is 7.63. The van der Waals surface area contributed by atoms with E-state index < -0.39 is 0 Å². The number of aromatic nitrogens is 2. The number of rotatable bonds is 4. The highest BCUT2D eigenvalue weighted by Crippen LogP contribution is 2.24. The zero-order valence-corrected chi connectivity index (χ0v) is 12.5. The lowest BCUT2D eigenvalue weighted by Crippen LogP contribution is -2.45. The van der Waals surface area contributed by atoms with Crippen molar-refractivity contribution in [2.45, 2.75) is 38.3 Å². The zero-order chi connectivity index (χ0) is 14.7. The number of hydrogen-bond acceptors (Lipinski definition) is 5. The Labute approximate surface area is 125 Å². The van der Waals surface area contributed by atoms with Gasteiger partial charge in [0.25, 0.3) is 0 Å². The summed E-state index contributed by atoms with van der Waals surface area (Å²) in [4.78, 5) is 24.9. The van der Waals surface area contributed by atoms with Crippen molar-refractivity contribution >= 4 is 11.7 Å². The van der Waals surface area contributed by atoms with E-state index in [1.165, 1.54) is 0 Å². The van der Waals surface area contributed by atoms with Crippen LogP contribution in [-0.2, 0) is 16.1 Å². The fourth-order valence-electron chi connectivity index (χ4n) is 3.22. The number of carbonyl (C=O) groups is 1. The van der Waals surface area contributed by atoms with Gasteiger partial charge in [-0.3, -0.25) is 4.79 Å². The van der Waals surface area contributed by atoms with Gasteiger partial charge in [0.15, 0.2) is 5.82 Å². The summed E-state index contributed by atoms with van der Waals surface area (Å²) in [5.74, 6) is 2.01. The van der Waals surface area contributed by atoms with Gasteiger partial charge in [0, 0.05) is 45.4 Å². The Bertz CT molecular complexity index is 500. The first kappa shape index (κ1) is 14.3. The summed E-state index contributed by atoms with van der Waals surface area (Å²) in [5, 5.41) is 0. The summed E-state index contributed by atoms with van der Waals surface area (Å²) < 4.78 is 5.08. The number of ether oxygens (including phenoxy) is 1. The van der Waals surface area contributed by atoms with Gasteiger partial charge >= 0.3 is 0 Å². The molecule has 1 amide bonds. The third-order valence-electron chi connectivity index (χ3n) is 4.30. The maximum absolute atomic E-state index is 11.8. The summed E-state index contributed by atoms with van der Waals surface area (Å²) in [6, 6.07) is 2.36. The second-order valence-corrected chi connectivity index (χ2v) is 5.67. The largest absolute Gasteiger partial charge is 0.377 e. The standard InChI is InChI=1S/C15H22N4O2/c1-21-11-13-16-7-4-14(17-13)18-9-5-12(6-10-18)19-8-2-3-15(19)20/h4,7,12H,2-3,5-6,8-11H2,1H3. The number of carbonyl (C=O) groups excluding carboxylic acids is 1. The van der Waals surface area contributed by atoms with Gasteiger partial charge in [0.05, 0.1) is 0 Å². The maximum atomic E-state index is 11.8. The Morgan fingerprint density at radius 1 is 1.33 bits per heavy atom. The molecule has 0 radical (unpaired) electrons. The quantitative estimate of drug-likeness (QED) is 0.834. The molecular formula is C15H22N4O2. The van der Waals surface area contributed by atoms with E-state index in [9.17, 15) is 4.79 Å². The Balaban J connectivity index is 1.60. The third kappa shape index (κ3) is 3.15. The highest BCUT2D eigenvalue weighted by Gasteiger charge is 2.30. The van der Waals surface area contributed by atoms with Crippen LogP contribution in [0.25, 0.3) is 0 Å². The zero-order valence-electron chi connectivity index (χ0n) is 12.5. The van der Waals surface area contributed by atoms with Crippen LogP contribution in [0, 0.1) is 0 Å². The predicted molar refractivity (Wildman–Crippen MR) is 78.9 cm³/mol. The molecule has 3 heterocycles. The van der Waals surface area contributed by atoms with Gasteiger partial charge in [-0.25, -0.2) is 9.97 Å². The Hall–Kier alpha value is -1.69. The highest BCUT2D eigenvalue weighted by molar-refractivity contribution is 5.78. The van der Waals surface area contributed by atoms with E-state index in [1.807, 2.05) is 6.07 Å². The molecule has 2 saturated heterocycles. The van der Waals surface area contributed by atoms with Gasteiger partial charge < -0.3 is 14.5 Å². The van der Waals surface area contributed by atoms with E-state index >= 15 is 0 Å². The van der Waals surface area contributed by atoms with Crippen molar-refractivity contribution in [3.8, 4) is 0 Å². The molecule has 0 bridgehead atoms. The predicted octanol–water partition coefficient (Wildman–Crippen LogP) is 1.21. The fraction of sp³-hybridized carbons (Fsp3) is 0.667. The van der Waals surface area contributed by atoms with Crippen molar-refractivity contribution in [2.24, 2.45) is 0 Å². The second kappa shape index (κ2) is 6.39. The molecule has 3 rings (SSSR count). The SMILES string of the molecule is COCc1nccc(N2CCC(N3CCCC3=O)CC2)n1. The van der Waals surface area contributed by atoms with Crippen LogP contribution in [-0.4, -0.2) is 53.6 Å². The first-order chi connectivity index (χ1) is 10.3. The summed E-state index contributed by atoms with van der Waals surface area (Å²) in [7, 11) is 1.65.